The Morgan fingerprint density at radius 2 is 1.60 bits per heavy atom. The largest absolute Gasteiger partial charge is 0.352 e. The fourth-order valence-corrected chi connectivity index (χ4v) is 2.13. The lowest BCUT2D eigenvalue weighted by Crippen LogP contribution is -2.25. The van der Waals surface area contributed by atoms with Gasteiger partial charge >= 0.3 is 0 Å². The van der Waals surface area contributed by atoms with Gasteiger partial charge in [0.2, 0.25) is 0 Å². The highest BCUT2D eigenvalue weighted by atomic mass is 79.9. The van der Waals surface area contributed by atoms with E-state index in [1.807, 2.05) is 36.4 Å². The third-order valence-electron chi connectivity index (χ3n) is 3.06. The maximum Gasteiger partial charge on any atom is 0.251 e. The van der Waals surface area contributed by atoms with Gasteiger partial charge in [-0.2, -0.15) is 0 Å². The van der Waals surface area contributed by atoms with E-state index in [2.05, 4.69) is 21.2 Å². The van der Waals surface area contributed by atoms with E-state index in [4.69, 9.17) is 5.73 Å². The van der Waals surface area contributed by atoms with Gasteiger partial charge in [-0.3, -0.25) is 4.79 Å². The summed E-state index contributed by atoms with van der Waals surface area (Å²) in [6, 6.07) is 15.5. The van der Waals surface area contributed by atoms with Gasteiger partial charge in [-0.1, -0.05) is 40.2 Å². The van der Waals surface area contributed by atoms with E-state index in [1.54, 1.807) is 12.1 Å². The van der Waals surface area contributed by atoms with E-state index >= 15 is 0 Å². The first kappa shape index (κ1) is 14.8. The Labute approximate surface area is 127 Å². The lowest BCUT2D eigenvalue weighted by molar-refractivity contribution is 0.0954. The Hall–Kier alpha value is -1.65. The summed E-state index contributed by atoms with van der Waals surface area (Å²) in [7, 11) is 0. The third-order valence-corrected chi connectivity index (χ3v) is 3.59. The molecule has 0 spiro atoms. The number of amides is 1. The fraction of sp³-hybridized carbons (Fsp3) is 0.188. The molecule has 4 heteroatoms. The number of nitrogens with one attached hydrogen (secondary N) is 1. The van der Waals surface area contributed by atoms with Crippen LogP contribution in [-0.4, -0.2) is 12.5 Å². The Balaban J connectivity index is 1.83. The topological polar surface area (TPSA) is 55.1 Å². The van der Waals surface area contributed by atoms with E-state index in [9.17, 15) is 4.79 Å². The molecule has 0 bridgehead atoms. The van der Waals surface area contributed by atoms with Crippen LogP contribution in [0.4, 0.5) is 0 Å². The summed E-state index contributed by atoms with van der Waals surface area (Å²) in [5.41, 5.74) is 8.42. The number of carbonyl (C=O) groups is 1. The summed E-state index contributed by atoms with van der Waals surface area (Å²) in [5.74, 6) is -0.0503. The molecule has 1 amide bonds. The zero-order valence-electron chi connectivity index (χ0n) is 11.1. The summed E-state index contributed by atoms with van der Waals surface area (Å²) in [5, 5.41) is 2.92. The standard InChI is InChI=1S/C16H17BrN2O/c17-15-7-3-12(4-8-15)9-10-19-16(20)14-5-1-13(11-18)2-6-14/h1-8H,9-11,18H2,(H,19,20). The predicted molar refractivity (Wildman–Crippen MR) is 84.5 cm³/mol. The van der Waals surface area contributed by atoms with E-state index in [0.717, 1.165) is 16.5 Å². The molecule has 0 aliphatic rings. The van der Waals surface area contributed by atoms with Crippen LogP contribution in [-0.2, 0) is 13.0 Å². The van der Waals surface area contributed by atoms with Crippen molar-refractivity contribution in [1.82, 2.24) is 5.32 Å². The zero-order chi connectivity index (χ0) is 14.4. The van der Waals surface area contributed by atoms with Crippen molar-refractivity contribution in [3.8, 4) is 0 Å². The number of carbonyl (C=O) groups excluding carboxylic acids is 1. The van der Waals surface area contributed by atoms with Crippen LogP contribution in [0.2, 0.25) is 0 Å². The molecule has 0 aliphatic heterocycles. The number of benzene rings is 2. The summed E-state index contributed by atoms with van der Waals surface area (Å²) in [4.78, 5) is 11.9. The molecule has 20 heavy (non-hydrogen) atoms. The minimum absolute atomic E-state index is 0.0503. The molecule has 0 radical (unpaired) electrons. The number of hydrogen-bond donors (Lipinski definition) is 2. The first-order chi connectivity index (χ1) is 9.69. The number of hydrogen-bond acceptors (Lipinski definition) is 2. The second kappa shape index (κ2) is 7.22. The Kier molecular flexibility index (Phi) is 5.32. The van der Waals surface area contributed by atoms with Gasteiger partial charge in [0.1, 0.15) is 0 Å². The quantitative estimate of drug-likeness (QED) is 0.884. The normalized spacial score (nSPS) is 10.3. The highest BCUT2D eigenvalue weighted by molar-refractivity contribution is 9.10. The highest BCUT2D eigenvalue weighted by Crippen LogP contribution is 2.10. The second-order valence-corrected chi connectivity index (χ2v) is 5.45. The summed E-state index contributed by atoms with van der Waals surface area (Å²) >= 11 is 3.40. The number of nitrogens with two attached hydrogens (primary N) is 1. The van der Waals surface area contributed by atoms with Gasteiger partial charge in [-0.15, -0.1) is 0 Å². The van der Waals surface area contributed by atoms with Crippen molar-refractivity contribution >= 4 is 21.8 Å². The molecular weight excluding hydrogens is 316 g/mol. The smallest absolute Gasteiger partial charge is 0.251 e. The van der Waals surface area contributed by atoms with E-state index in [1.165, 1.54) is 5.56 Å². The molecule has 2 rings (SSSR count). The molecular formula is C16H17BrN2O. The van der Waals surface area contributed by atoms with Crippen LogP contribution in [0.25, 0.3) is 0 Å². The molecule has 0 saturated carbocycles. The van der Waals surface area contributed by atoms with Crippen molar-refractivity contribution in [2.75, 3.05) is 6.54 Å². The van der Waals surface area contributed by atoms with Crippen LogP contribution in [0, 0.1) is 0 Å². The monoisotopic (exact) mass is 332 g/mol. The van der Waals surface area contributed by atoms with Gasteiger partial charge < -0.3 is 11.1 Å². The van der Waals surface area contributed by atoms with Crippen molar-refractivity contribution in [2.24, 2.45) is 5.73 Å². The van der Waals surface area contributed by atoms with Gasteiger partial charge in [-0.05, 0) is 41.8 Å². The van der Waals surface area contributed by atoms with Crippen LogP contribution in [0.15, 0.2) is 53.0 Å². The number of halogens is 1. The molecule has 2 aromatic rings. The summed E-state index contributed by atoms with van der Waals surface area (Å²) in [6.07, 6.45) is 0.819. The Morgan fingerprint density at radius 1 is 1.00 bits per heavy atom. The number of rotatable bonds is 5. The average molecular weight is 333 g/mol. The molecule has 0 aliphatic carbocycles. The van der Waals surface area contributed by atoms with Gasteiger partial charge in [0, 0.05) is 23.1 Å². The molecule has 0 aromatic heterocycles. The Bertz CT molecular complexity index is 564. The molecule has 0 unspecified atom stereocenters. The molecule has 0 atom stereocenters. The highest BCUT2D eigenvalue weighted by Gasteiger charge is 2.04. The molecule has 0 fully saturated rings. The van der Waals surface area contributed by atoms with E-state index < -0.39 is 0 Å². The summed E-state index contributed by atoms with van der Waals surface area (Å²) in [6.45, 7) is 1.12. The van der Waals surface area contributed by atoms with Crippen molar-refractivity contribution in [2.45, 2.75) is 13.0 Å². The molecule has 0 heterocycles. The van der Waals surface area contributed by atoms with Crippen LogP contribution < -0.4 is 11.1 Å². The van der Waals surface area contributed by atoms with Crippen molar-refractivity contribution in [3.63, 3.8) is 0 Å². The molecule has 3 nitrogen and oxygen atoms in total. The van der Waals surface area contributed by atoms with E-state index in [0.29, 0.717) is 18.7 Å². The van der Waals surface area contributed by atoms with Crippen LogP contribution >= 0.6 is 15.9 Å². The molecule has 104 valence electrons. The van der Waals surface area contributed by atoms with Crippen LogP contribution in [0.5, 0.6) is 0 Å². The van der Waals surface area contributed by atoms with Crippen molar-refractivity contribution in [1.29, 1.82) is 0 Å². The minimum atomic E-state index is -0.0503. The predicted octanol–water partition coefficient (Wildman–Crippen LogP) is 2.88. The molecule has 0 saturated heterocycles. The van der Waals surface area contributed by atoms with E-state index in [-0.39, 0.29) is 5.91 Å². The third kappa shape index (κ3) is 4.18. The van der Waals surface area contributed by atoms with Crippen molar-refractivity contribution in [3.05, 3.63) is 69.7 Å². The average Bonchev–Trinajstić information content (AvgIpc) is 2.49. The van der Waals surface area contributed by atoms with Gasteiger partial charge in [0.25, 0.3) is 5.91 Å². The van der Waals surface area contributed by atoms with Crippen LogP contribution in [0.1, 0.15) is 21.5 Å². The van der Waals surface area contributed by atoms with Gasteiger partial charge in [-0.25, -0.2) is 0 Å². The molecule has 2 aromatic carbocycles. The Morgan fingerprint density at radius 3 is 2.20 bits per heavy atom. The zero-order valence-corrected chi connectivity index (χ0v) is 12.7. The maximum absolute atomic E-state index is 11.9. The maximum atomic E-state index is 11.9. The minimum Gasteiger partial charge on any atom is -0.352 e. The molecule has 3 N–H and O–H groups in total. The first-order valence-electron chi connectivity index (χ1n) is 6.50. The lowest BCUT2D eigenvalue weighted by atomic mass is 10.1. The second-order valence-electron chi connectivity index (χ2n) is 4.53. The van der Waals surface area contributed by atoms with Gasteiger partial charge in [0.15, 0.2) is 0 Å². The van der Waals surface area contributed by atoms with Crippen LogP contribution in [0.3, 0.4) is 0 Å². The fourth-order valence-electron chi connectivity index (χ4n) is 1.87. The lowest BCUT2D eigenvalue weighted by Gasteiger charge is -2.06. The van der Waals surface area contributed by atoms with Gasteiger partial charge in [0.05, 0.1) is 0 Å². The summed E-state index contributed by atoms with van der Waals surface area (Å²) < 4.78 is 1.06. The first-order valence-corrected chi connectivity index (χ1v) is 7.30. The SMILES string of the molecule is NCc1ccc(C(=O)NCCc2ccc(Br)cc2)cc1. The van der Waals surface area contributed by atoms with Crippen molar-refractivity contribution < 1.29 is 4.79 Å².